The lowest BCUT2D eigenvalue weighted by molar-refractivity contribution is 0.0792. The lowest BCUT2D eigenvalue weighted by Crippen LogP contribution is -2.35. The maximum absolute atomic E-state index is 13.4. The van der Waals surface area contributed by atoms with E-state index in [0.717, 1.165) is 80.8 Å². The van der Waals surface area contributed by atoms with Crippen molar-refractivity contribution in [2.24, 2.45) is 5.10 Å². The number of piperidine rings is 2. The predicted molar refractivity (Wildman–Crippen MR) is 168 cm³/mol. The van der Waals surface area contributed by atoms with Crippen LogP contribution in [-0.2, 0) is 6.54 Å². The Morgan fingerprint density at radius 3 is 2.45 bits per heavy atom. The molecule has 0 aliphatic carbocycles. The Morgan fingerprint density at radius 2 is 1.69 bits per heavy atom. The maximum atomic E-state index is 13.4. The van der Waals surface area contributed by atoms with Gasteiger partial charge in [-0.1, -0.05) is 30.3 Å². The molecule has 3 aromatic carbocycles. The SMILES string of the molecule is Cc1ccc(C=NNC(=O)c2cc(N3CCCCC3)ccc2NC(=O)c2cccc(CN3CCC(O)CC3)c2)cc1C. The fourth-order valence-electron chi connectivity index (χ4n) is 5.59. The van der Waals surface area contributed by atoms with Gasteiger partial charge in [0.2, 0.25) is 0 Å². The summed E-state index contributed by atoms with van der Waals surface area (Å²) in [5, 5.41) is 17.0. The molecule has 42 heavy (non-hydrogen) atoms. The minimum absolute atomic E-state index is 0.219. The van der Waals surface area contributed by atoms with Crippen LogP contribution in [0.1, 0.15) is 75.1 Å². The Hall–Kier alpha value is -4.01. The number of nitrogens with one attached hydrogen (secondary N) is 2. The van der Waals surface area contributed by atoms with E-state index in [-0.39, 0.29) is 17.9 Å². The molecule has 2 aliphatic rings. The molecule has 5 rings (SSSR count). The molecule has 0 radical (unpaired) electrons. The highest BCUT2D eigenvalue weighted by Gasteiger charge is 2.20. The fourth-order valence-corrected chi connectivity index (χ4v) is 5.59. The number of rotatable bonds is 8. The quantitative estimate of drug-likeness (QED) is 0.255. The van der Waals surface area contributed by atoms with Crippen molar-refractivity contribution in [3.8, 4) is 0 Å². The molecule has 0 bridgehead atoms. The van der Waals surface area contributed by atoms with Crippen molar-refractivity contribution in [1.29, 1.82) is 0 Å². The first-order valence-corrected chi connectivity index (χ1v) is 15.0. The first-order valence-electron chi connectivity index (χ1n) is 15.0. The number of hydrogen-bond acceptors (Lipinski definition) is 6. The molecule has 8 nitrogen and oxygen atoms in total. The number of aliphatic hydroxyl groups is 1. The van der Waals surface area contributed by atoms with Crippen molar-refractivity contribution in [2.45, 2.75) is 58.6 Å². The van der Waals surface area contributed by atoms with Crippen LogP contribution < -0.4 is 15.6 Å². The number of carbonyl (C=O) groups excluding carboxylic acids is 2. The van der Waals surface area contributed by atoms with E-state index in [1.165, 1.54) is 12.0 Å². The number of hydrogen-bond donors (Lipinski definition) is 3. The van der Waals surface area contributed by atoms with Gasteiger partial charge in [-0.15, -0.1) is 0 Å². The normalized spacial score (nSPS) is 16.5. The summed E-state index contributed by atoms with van der Waals surface area (Å²) in [5.41, 5.74) is 9.25. The van der Waals surface area contributed by atoms with Crippen LogP contribution in [0.4, 0.5) is 11.4 Å². The van der Waals surface area contributed by atoms with E-state index in [0.29, 0.717) is 16.8 Å². The highest BCUT2D eigenvalue weighted by molar-refractivity contribution is 6.09. The zero-order chi connectivity index (χ0) is 29.5. The second-order valence-electron chi connectivity index (χ2n) is 11.5. The molecular weight excluding hydrogens is 526 g/mol. The molecule has 2 amide bonds. The topological polar surface area (TPSA) is 97.3 Å². The summed E-state index contributed by atoms with van der Waals surface area (Å²) in [6.45, 7) is 8.39. The zero-order valence-electron chi connectivity index (χ0n) is 24.6. The number of carbonyl (C=O) groups is 2. The summed E-state index contributed by atoms with van der Waals surface area (Å²) < 4.78 is 0. The van der Waals surface area contributed by atoms with Gasteiger partial charge in [-0.2, -0.15) is 5.10 Å². The first kappa shape index (κ1) is 29.5. The largest absolute Gasteiger partial charge is 0.393 e. The van der Waals surface area contributed by atoms with Crippen LogP contribution in [0.15, 0.2) is 65.8 Å². The molecule has 0 aromatic heterocycles. The van der Waals surface area contributed by atoms with Crippen LogP contribution in [-0.4, -0.2) is 60.3 Å². The third-order valence-corrected chi connectivity index (χ3v) is 8.28. The van der Waals surface area contributed by atoms with E-state index in [9.17, 15) is 14.7 Å². The van der Waals surface area contributed by atoms with Crippen molar-refractivity contribution in [1.82, 2.24) is 10.3 Å². The molecule has 2 aliphatic heterocycles. The molecule has 3 aromatic rings. The van der Waals surface area contributed by atoms with E-state index in [2.05, 4.69) is 32.6 Å². The number of likely N-dealkylation sites (tertiary alicyclic amines) is 1. The minimum atomic E-state index is -0.384. The zero-order valence-corrected chi connectivity index (χ0v) is 24.6. The molecule has 2 heterocycles. The number of amides is 2. The molecule has 3 N–H and O–H groups in total. The molecule has 0 saturated carbocycles. The number of nitrogens with zero attached hydrogens (tertiary/aromatic N) is 3. The van der Waals surface area contributed by atoms with Crippen molar-refractivity contribution in [3.05, 3.63) is 94.0 Å². The van der Waals surface area contributed by atoms with E-state index in [1.54, 1.807) is 12.3 Å². The van der Waals surface area contributed by atoms with Gasteiger partial charge < -0.3 is 15.3 Å². The average molecular weight is 568 g/mol. The van der Waals surface area contributed by atoms with Gasteiger partial charge in [-0.3, -0.25) is 14.5 Å². The summed E-state index contributed by atoms with van der Waals surface area (Å²) in [5.74, 6) is -0.658. The average Bonchev–Trinajstić information content (AvgIpc) is 3.01. The Balaban J connectivity index is 1.33. The Bertz CT molecular complexity index is 1440. The van der Waals surface area contributed by atoms with Gasteiger partial charge in [0, 0.05) is 44.0 Å². The van der Waals surface area contributed by atoms with Crippen LogP contribution in [0.3, 0.4) is 0 Å². The summed E-state index contributed by atoms with van der Waals surface area (Å²) in [7, 11) is 0. The third kappa shape index (κ3) is 7.63. The number of aryl methyl sites for hydroxylation is 2. The maximum Gasteiger partial charge on any atom is 0.273 e. The molecule has 0 atom stereocenters. The highest BCUT2D eigenvalue weighted by atomic mass is 16.3. The Kier molecular flexibility index (Phi) is 9.66. The summed E-state index contributed by atoms with van der Waals surface area (Å²) >= 11 is 0. The van der Waals surface area contributed by atoms with Crippen LogP contribution in [0.2, 0.25) is 0 Å². The monoisotopic (exact) mass is 567 g/mol. The smallest absolute Gasteiger partial charge is 0.273 e. The molecule has 0 spiro atoms. The Morgan fingerprint density at radius 1 is 0.905 bits per heavy atom. The van der Waals surface area contributed by atoms with Crippen molar-refractivity contribution in [2.75, 3.05) is 36.4 Å². The first-order chi connectivity index (χ1) is 20.4. The van der Waals surface area contributed by atoms with Gasteiger partial charge in [-0.05, 0) is 98.5 Å². The van der Waals surface area contributed by atoms with E-state index >= 15 is 0 Å². The molecular formula is C34H41N5O3. The Labute approximate surface area is 248 Å². The molecule has 2 fully saturated rings. The van der Waals surface area contributed by atoms with Gasteiger partial charge in [0.15, 0.2) is 0 Å². The predicted octanol–water partition coefficient (Wildman–Crippen LogP) is 5.27. The molecule has 220 valence electrons. The highest BCUT2D eigenvalue weighted by Crippen LogP contribution is 2.27. The minimum Gasteiger partial charge on any atom is -0.393 e. The van der Waals surface area contributed by atoms with Crippen molar-refractivity contribution in [3.63, 3.8) is 0 Å². The van der Waals surface area contributed by atoms with Gasteiger partial charge in [0.25, 0.3) is 11.8 Å². The van der Waals surface area contributed by atoms with Crippen LogP contribution in [0.5, 0.6) is 0 Å². The van der Waals surface area contributed by atoms with Crippen LogP contribution in [0.25, 0.3) is 0 Å². The number of benzene rings is 3. The van der Waals surface area contributed by atoms with E-state index in [4.69, 9.17) is 0 Å². The number of anilines is 2. The standard InChI is InChI=1S/C34H41N5O3/c1-24-9-10-26(19-25(24)2)22-35-37-34(42)31-21-29(39-15-4-3-5-16-39)11-12-32(31)36-33(41)28-8-6-7-27(20-28)23-38-17-13-30(40)14-18-38/h6-12,19-22,30,40H,3-5,13-18,23H2,1-2H3,(H,36,41)(H,37,42). The van der Waals surface area contributed by atoms with Gasteiger partial charge in [0.1, 0.15) is 0 Å². The van der Waals surface area contributed by atoms with Crippen LogP contribution in [0, 0.1) is 13.8 Å². The third-order valence-electron chi connectivity index (χ3n) is 8.28. The summed E-state index contributed by atoms with van der Waals surface area (Å²) in [4.78, 5) is 31.4. The van der Waals surface area contributed by atoms with Gasteiger partial charge >= 0.3 is 0 Å². The second kappa shape index (κ2) is 13.8. The van der Waals surface area contributed by atoms with E-state index in [1.807, 2.05) is 61.5 Å². The lowest BCUT2D eigenvalue weighted by atomic mass is 10.0. The van der Waals surface area contributed by atoms with E-state index < -0.39 is 0 Å². The van der Waals surface area contributed by atoms with Gasteiger partial charge in [0.05, 0.1) is 23.6 Å². The lowest BCUT2D eigenvalue weighted by Gasteiger charge is -2.29. The number of aliphatic hydroxyl groups excluding tert-OH is 1. The molecule has 0 unspecified atom stereocenters. The van der Waals surface area contributed by atoms with Gasteiger partial charge in [-0.25, -0.2) is 5.43 Å². The molecule has 8 heteroatoms. The van der Waals surface area contributed by atoms with Crippen molar-refractivity contribution < 1.29 is 14.7 Å². The number of hydrazone groups is 1. The van der Waals surface area contributed by atoms with Crippen molar-refractivity contribution >= 4 is 29.4 Å². The van der Waals surface area contributed by atoms with Crippen LogP contribution >= 0.6 is 0 Å². The summed E-state index contributed by atoms with van der Waals surface area (Å²) in [6, 6.07) is 19.2. The summed E-state index contributed by atoms with van der Waals surface area (Å²) in [6.07, 6.45) is 6.41. The molecule has 2 saturated heterocycles. The fraction of sp³-hybridized carbons (Fsp3) is 0.382. The second-order valence-corrected chi connectivity index (χ2v) is 11.5.